The maximum Gasteiger partial charge on any atom is 0.269 e. The molecule has 158 valence electrons. The number of hydrogen-bond acceptors (Lipinski definition) is 7. The predicted octanol–water partition coefficient (Wildman–Crippen LogP) is 1.05. The maximum absolute atomic E-state index is 12.5. The Balaban J connectivity index is 0.000000431. The highest BCUT2D eigenvalue weighted by atomic mass is 35.7. The van der Waals surface area contributed by atoms with Crippen LogP contribution in [0, 0.1) is 0 Å². The van der Waals surface area contributed by atoms with E-state index in [2.05, 4.69) is 25.6 Å². The fraction of sp³-hybridized carbons (Fsp3) is 0.438. The molecule has 1 fully saturated rings. The minimum Gasteiger partial charge on any atom is -0.346 e. The second-order valence-corrected chi connectivity index (χ2v) is 11.8. The molecule has 4 heterocycles. The fourth-order valence-electron chi connectivity index (χ4n) is 3.42. The summed E-state index contributed by atoms with van der Waals surface area (Å²) < 4.78 is 45.4. The monoisotopic (exact) mass is 461 g/mol. The fourth-order valence-corrected chi connectivity index (χ4v) is 4.30. The molecule has 4 rings (SSSR count). The van der Waals surface area contributed by atoms with Crippen molar-refractivity contribution in [3.05, 3.63) is 35.0 Å². The number of halogens is 1. The minimum atomic E-state index is -3.19. The van der Waals surface area contributed by atoms with E-state index in [0.717, 1.165) is 17.2 Å². The number of sulfonamides is 1. The zero-order valence-electron chi connectivity index (χ0n) is 15.7. The summed E-state index contributed by atoms with van der Waals surface area (Å²) in [6, 6.07) is 1.83. The lowest BCUT2D eigenvalue weighted by atomic mass is 10.1. The summed E-state index contributed by atoms with van der Waals surface area (Å²) in [4.78, 5) is 24.1. The lowest BCUT2D eigenvalue weighted by Crippen LogP contribution is -2.40. The van der Waals surface area contributed by atoms with Gasteiger partial charge in [-0.25, -0.2) is 31.1 Å². The lowest BCUT2D eigenvalue weighted by molar-refractivity contribution is 0.275. The summed E-state index contributed by atoms with van der Waals surface area (Å²) in [6.45, 7) is 0.836. The highest BCUT2D eigenvalue weighted by Crippen LogP contribution is 2.28. The first-order chi connectivity index (χ1) is 13.4. The van der Waals surface area contributed by atoms with Crippen LogP contribution >= 0.6 is 10.7 Å². The first kappa shape index (κ1) is 21.7. The van der Waals surface area contributed by atoms with Gasteiger partial charge < -0.3 is 9.55 Å². The van der Waals surface area contributed by atoms with Crippen LogP contribution in [-0.4, -0.2) is 66.3 Å². The standard InChI is InChI=1S/C15H17N5O3S.CH3ClO2S/c1-24(22,23)19-6-3-10(4-7-19)20-13(21)9-17-12-8-18-15-11(14(12)20)2-5-16-15;1-5(2,3)4/h2,5,8-10H,3-4,6-7H2,1H3,(H,16,18);1H3. The van der Waals surface area contributed by atoms with Crippen LogP contribution in [0.3, 0.4) is 0 Å². The average molecular weight is 462 g/mol. The normalized spacial score (nSPS) is 16.7. The summed E-state index contributed by atoms with van der Waals surface area (Å²) in [5, 5.41) is 0.850. The molecule has 13 heteroatoms. The molecule has 29 heavy (non-hydrogen) atoms. The smallest absolute Gasteiger partial charge is 0.269 e. The Bertz CT molecular complexity index is 1300. The second kappa shape index (κ2) is 8.01. The Morgan fingerprint density at radius 3 is 2.31 bits per heavy atom. The van der Waals surface area contributed by atoms with Gasteiger partial charge in [0.15, 0.2) is 0 Å². The van der Waals surface area contributed by atoms with Crippen molar-refractivity contribution >= 4 is 51.8 Å². The third kappa shape index (κ3) is 5.13. The minimum absolute atomic E-state index is 0.0542. The average Bonchev–Trinajstić information content (AvgIpc) is 3.08. The summed E-state index contributed by atoms with van der Waals surface area (Å²) in [7, 11) is -1.88. The SMILES string of the molecule is CS(=O)(=O)Cl.CS(=O)(=O)N1CCC(n2c(=O)cnc3cnc4[nH]ccc4c32)CC1. The van der Waals surface area contributed by atoms with E-state index in [1.54, 1.807) is 17.0 Å². The number of hydrogen-bond donors (Lipinski definition) is 1. The Morgan fingerprint density at radius 2 is 1.72 bits per heavy atom. The number of aromatic amines is 1. The van der Waals surface area contributed by atoms with Crippen molar-refractivity contribution in [3.63, 3.8) is 0 Å². The molecular formula is C16H20ClN5O5S2. The van der Waals surface area contributed by atoms with Crippen molar-refractivity contribution in [2.75, 3.05) is 25.6 Å². The Morgan fingerprint density at radius 1 is 1.10 bits per heavy atom. The van der Waals surface area contributed by atoms with E-state index in [0.29, 0.717) is 37.1 Å². The Hall–Kier alpha value is -2.02. The Labute approximate surface area is 172 Å². The molecule has 10 nitrogen and oxygen atoms in total. The van der Waals surface area contributed by atoms with E-state index in [4.69, 9.17) is 0 Å². The first-order valence-electron chi connectivity index (χ1n) is 8.63. The van der Waals surface area contributed by atoms with Crippen molar-refractivity contribution in [1.29, 1.82) is 0 Å². The van der Waals surface area contributed by atoms with Crippen LogP contribution in [0.1, 0.15) is 18.9 Å². The van der Waals surface area contributed by atoms with Gasteiger partial charge in [0.2, 0.25) is 19.1 Å². The van der Waals surface area contributed by atoms with Gasteiger partial charge in [0, 0.05) is 41.4 Å². The predicted molar refractivity (Wildman–Crippen MR) is 111 cm³/mol. The highest BCUT2D eigenvalue weighted by Gasteiger charge is 2.27. The summed E-state index contributed by atoms with van der Waals surface area (Å²) in [5.41, 5.74) is 1.95. The third-order valence-electron chi connectivity index (χ3n) is 4.59. The van der Waals surface area contributed by atoms with E-state index in [-0.39, 0.29) is 11.6 Å². The molecule has 1 aliphatic heterocycles. The lowest BCUT2D eigenvalue weighted by Gasteiger charge is -2.31. The molecule has 0 saturated carbocycles. The van der Waals surface area contributed by atoms with Crippen molar-refractivity contribution in [3.8, 4) is 0 Å². The van der Waals surface area contributed by atoms with Crippen LogP contribution < -0.4 is 5.56 Å². The van der Waals surface area contributed by atoms with Gasteiger partial charge in [-0.15, -0.1) is 0 Å². The van der Waals surface area contributed by atoms with Crippen LogP contribution in [0.15, 0.2) is 29.5 Å². The number of fused-ring (bicyclic) bond motifs is 3. The van der Waals surface area contributed by atoms with Gasteiger partial charge >= 0.3 is 0 Å². The molecule has 0 bridgehead atoms. The van der Waals surface area contributed by atoms with E-state index < -0.39 is 19.1 Å². The Kier molecular flexibility index (Phi) is 5.99. The van der Waals surface area contributed by atoms with Gasteiger partial charge in [-0.2, -0.15) is 0 Å². The molecule has 0 radical (unpaired) electrons. The van der Waals surface area contributed by atoms with Gasteiger partial charge in [-0.05, 0) is 18.9 Å². The van der Waals surface area contributed by atoms with E-state index >= 15 is 0 Å². The third-order valence-corrected chi connectivity index (χ3v) is 5.89. The number of aromatic nitrogens is 4. The van der Waals surface area contributed by atoms with E-state index in [1.807, 2.05) is 6.07 Å². The van der Waals surface area contributed by atoms with Crippen LogP contribution in [0.25, 0.3) is 22.1 Å². The largest absolute Gasteiger partial charge is 0.346 e. The van der Waals surface area contributed by atoms with E-state index in [9.17, 15) is 21.6 Å². The molecule has 0 aliphatic carbocycles. The van der Waals surface area contributed by atoms with Crippen molar-refractivity contribution in [2.24, 2.45) is 0 Å². The van der Waals surface area contributed by atoms with E-state index in [1.165, 1.54) is 16.8 Å². The van der Waals surface area contributed by atoms with Crippen LogP contribution in [0.5, 0.6) is 0 Å². The molecular weight excluding hydrogens is 442 g/mol. The van der Waals surface area contributed by atoms with Crippen LogP contribution in [-0.2, 0) is 19.1 Å². The first-order valence-corrected chi connectivity index (χ1v) is 13.2. The number of nitrogens with zero attached hydrogens (tertiary/aromatic N) is 4. The molecule has 1 saturated heterocycles. The zero-order chi connectivity index (χ0) is 21.4. The van der Waals surface area contributed by atoms with Crippen molar-refractivity contribution < 1.29 is 16.8 Å². The molecule has 3 aromatic heterocycles. The topological polar surface area (TPSA) is 135 Å². The van der Waals surface area contributed by atoms with Gasteiger partial charge in [-0.3, -0.25) is 4.79 Å². The molecule has 0 unspecified atom stereocenters. The molecule has 0 amide bonds. The maximum atomic E-state index is 12.5. The van der Waals surface area contributed by atoms with Crippen molar-refractivity contribution in [1.82, 2.24) is 23.8 Å². The molecule has 0 atom stereocenters. The van der Waals surface area contributed by atoms with Crippen LogP contribution in [0.4, 0.5) is 0 Å². The number of nitrogens with one attached hydrogen (secondary N) is 1. The number of piperidine rings is 1. The van der Waals surface area contributed by atoms with Crippen molar-refractivity contribution in [2.45, 2.75) is 18.9 Å². The summed E-state index contributed by atoms with van der Waals surface area (Å²) >= 11 is 0. The highest BCUT2D eigenvalue weighted by molar-refractivity contribution is 8.13. The molecule has 0 aromatic carbocycles. The number of H-pyrrole nitrogens is 1. The summed E-state index contributed by atoms with van der Waals surface area (Å²) in [5.74, 6) is 0. The van der Waals surface area contributed by atoms with Gasteiger partial charge in [0.05, 0.1) is 30.4 Å². The van der Waals surface area contributed by atoms with Gasteiger partial charge in [-0.1, -0.05) is 0 Å². The quantitative estimate of drug-likeness (QED) is 0.563. The molecule has 3 aromatic rings. The zero-order valence-corrected chi connectivity index (χ0v) is 18.1. The number of rotatable bonds is 2. The van der Waals surface area contributed by atoms with Crippen LogP contribution in [0.2, 0.25) is 0 Å². The summed E-state index contributed by atoms with van der Waals surface area (Å²) in [6.07, 6.45) is 8.08. The molecule has 1 aliphatic rings. The van der Waals surface area contributed by atoms with Gasteiger partial charge in [0.25, 0.3) is 5.56 Å². The second-order valence-electron chi connectivity index (χ2n) is 6.77. The molecule has 1 N–H and O–H groups in total. The molecule has 0 spiro atoms. The number of pyridine rings is 1. The van der Waals surface area contributed by atoms with Gasteiger partial charge in [0.1, 0.15) is 11.2 Å².